The van der Waals surface area contributed by atoms with Crippen LogP contribution in [0.4, 0.5) is 0 Å². The zero-order chi connectivity index (χ0) is 14.0. The van der Waals surface area contributed by atoms with Crippen molar-refractivity contribution in [1.29, 1.82) is 0 Å². The summed E-state index contributed by atoms with van der Waals surface area (Å²) in [6, 6.07) is 0. The molecular weight excluding hydrogens is 234 g/mol. The average Bonchev–Trinajstić information content (AvgIpc) is 2.43. The van der Waals surface area contributed by atoms with Crippen molar-refractivity contribution in [2.24, 2.45) is 0 Å². The van der Waals surface area contributed by atoms with Crippen LogP contribution in [-0.4, -0.2) is 18.4 Å². The van der Waals surface area contributed by atoms with Gasteiger partial charge in [-0.1, -0.05) is 90.4 Å². The molecule has 0 atom stereocenters. The second kappa shape index (κ2) is 17.9. The molecule has 0 bridgehead atoms. The monoisotopic (exact) mass is 271 g/mol. The van der Waals surface area contributed by atoms with E-state index in [1.165, 1.54) is 89.9 Å². The van der Waals surface area contributed by atoms with Gasteiger partial charge in [-0.3, -0.25) is 5.32 Å². The molecule has 0 unspecified atom stereocenters. The average molecular weight is 271 g/mol. The van der Waals surface area contributed by atoms with Gasteiger partial charge in [0.1, 0.15) is 0 Å². The third-order valence-corrected chi connectivity index (χ3v) is 3.82. The summed E-state index contributed by atoms with van der Waals surface area (Å²) in [4.78, 5) is 0. The Morgan fingerprint density at radius 1 is 0.579 bits per heavy atom. The fourth-order valence-electron chi connectivity index (χ4n) is 2.52. The summed E-state index contributed by atoms with van der Waals surface area (Å²) in [7, 11) is 0. The molecule has 0 rings (SSSR count). The van der Waals surface area contributed by atoms with E-state index in [-0.39, 0.29) is 6.73 Å². The largest absolute Gasteiger partial charge is 0.381 e. The molecule has 0 saturated carbocycles. The van der Waals surface area contributed by atoms with E-state index >= 15 is 0 Å². The third kappa shape index (κ3) is 17.9. The molecule has 0 spiro atoms. The molecule has 0 amide bonds. The minimum atomic E-state index is 0.123. The van der Waals surface area contributed by atoms with Crippen LogP contribution in [0.15, 0.2) is 0 Å². The van der Waals surface area contributed by atoms with Gasteiger partial charge in [-0.2, -0.15) is 0 Å². The maximum absolute atomic E-state index is 8.56. The van der Waals surface area contributed by atoms with E-state index in [0.717, 1.165) is 6.54 Å². The molecule has 0 aliphatic rings. The Morgan fingerprint density at radius 2 is 0.947 bits per heavy atom. The van der Waals surface area contributed by atoms with Crippen molar-refractivity contribution in [1.82, 2.24) is 5.32 Å². The molecule has 116 valence electrons. The first kappa shape index (κ1) is 18.9. The zero-order valence-corrected chi connectivity index (χ0v) is 13.3. The van der Waals surface area contributed by atoms with Crippen molar-refractivity contribution < 1.29 is 5.11 Å². The van der Waals surface area contributed by atoms with Crippen LogP contribution in [0.25, 0.3) is 0 Å². The Bertz CT molecular complexity index is 134. The van der Waals surface area contributed by atoms with Crippen LogP contribution in [-0.2, 0) is 0 Å². The standard InChI is InChI=1S/C17H37NO/c1-2-3-4-5-6-7-8-9-10-11-12-13-14-15-16-18-17-19/h18-19H,2-17H2,1H3. The molecule has 0 saturated heterocycles. The molecule has 0 fully saturated rings. The Hall–Kier alpha value is -0.0800. The summed E-state index contributed by atoms with van der Waals surface area (Å²) >= 11 is 0. The van der Waals surface area contributed by atoms with Crippen LogP contribution in [0.2, 0.25) is 0 Å². The molecule has 0 heterocycles. The molecule has 2 nitrogen and oxygen atoms in total. The lowest BCUT2D eigenvalue weighted by atomic mass is 10.0. The van der Waals surface area contributed by atoms with Crippen molar-refractivity contribution in [3.8, 4) is 0 Å². The Morgan fingerprint density at radius 3 is 1.32 bits per heavy atom. The van der Waals surface area contributed by atoms with Gasteiger partial charge < -0.3 is 5.11 Å². The van der Waals surface area contributed by atoms with E-state index in [2.05, 4.69) is 12.2 Å². The summed E-state index contributed by atoms with van der Waals surface area (Å²) < 4.78 is 0. The first-order valence-electron chi connectivity index (χ1n) is 8.73. The van der Waals surface area contributed by atoms with E-state index in [9.17, 15) is 0 Å². The lowest BCUT2D eigenvalue weighted by Crippen LogP contribution is -2.15. The number of unbranched alkanes of at least 4 members (excludes halogenated alkanes) is 13. The summed E-state index contributed by atoms with van der Waals surface area (Å²) in [5.41, 5.74) is 0. The van der Waals surface area contributed by atoms with Gasteiger partial charge in [-0.05, 0) is 13.0 Å². The van der Waals surface area contributed by atoms with Crippen LogP contribution in [0.1, 0.15) is 96.8 Å². The predicted octanol–water partition coefficient (Wildman–Crippen LogP) is 5.01. The first-order valence-corrected chi connectivity index (χ1v) is 8.73. The third-order valence-electron chi connectivity index (χ3n) is 3.82. The van der Waals surface area contributed by atoms with E-state index in [1.807, 2.05) is 0 Å². The van der Waals surface area contributed by atoms with Crippen molar-refractivity contribution in [2.45, 2.75) is 96.8 Å². The summed E-state index contributed by atoms with van der Waals surface area (Å²) in [6.07, 6.45) is 19.6. The van der Waals surface area contributed by atoms with Crippen LogP contribution in [0.3, 0.4) is 0 Å². The number of nitrogens with one attached hydrogen (secondary N) is 1. The van der Waals surface area contributed by atoms with Crippen molar-refractivity contribution in [2.75, 3.05) is 13.3 Å². The highest BCUT2D eigenvalue weighted by Gasteiger charge is 1.93. The van der Waals surface area contributed by atoms with Gasteiger partial charge in [0.2, 0.25) is 0 Å². The molecule has 0 aliphatic carbocycles. The number of hydrogen-bond donors (Lipinski definition) is 2. The van der Waals surface area contributed by atoms with Crippen LogP contribution < -0.4 is 5.32 Å². The molecule has 0 aliphatic heterocycles. The highest BCUT2D eigenvalue weighted by Crippen LogP contribution is 2.12. The van der Waals surface area contributed by atoms with Gasteiger partial charge in [0, 0.05) is 0 Å². The maximum atomic E-state index is 8.56. The minimum Gasteiger partial charge on any atom is -0.381 e. The number of aliphatic hydroxyl groups is 1. The van der Waals surface area contributed by atoms with Crippen molar-refractivity contribution >= 4 is 0 Å². The topological polar surface area (TPSA) is 32.3 Å². The summed E-state index contributed by atoms with van der Waals surface area (Å²) in [6.45, 7) is 3.37. The second-order valence-electron chi connectivity index (χ2n) is 5.75. The van der Waals surface area contributed by atoms with E-state index in [0.29, 0.717) is 0 Å². The fourth-order valence-corrected chi connectivity index (χ4v) is 2.52. The molecule has 0 radical (unpaired) electrons. The van der Waals surface area contributed by atoms with E-state index < -0.39 is 0 Å². The molecule has 0 aromatic carbocycles. The smallest absolute Gasteiger partial charge is 0.0931 e. The number of rotatable bonds is 16. The number of aliphatic hydroxyl groups excluding tert-OH is 1. The van der Waals surface area contributed by atoms with E-state index in [4.69, 9.17) is 5.11 Å². The van der Waals surface area contributed by atoms with Crippen LogP contribution >= 0.6 is 0 Å². The lowest BCUT2D eigenvalue weighted by Gasteiger charge is -2.03. The van der Waals surface area contributed by atoms with Gasteiger partial charge in [0.25, 0.3) is 0 Å². The Labute approximate surface area is 121 Å². The number of hydrogen-bond acceptors (Lipinski definition) is 2. The highest BCUT2D eigenvalue weighted by molar-refractivity contribution is 4.50. The van der Waals surface area contributed by atoms with Crippen molar-refractivity contribution in [3.05, 3.63) is 0 Å². The zero-order valence-electron chi connectivity index (χ0n) is 13.3. The van der Waals surface area contributed by atoms with Gasteiger partial charge >= 0.3 is 0 Å². The quantitative estimate of drug-likeness (QED) is 0.305. The molecule has 19 heavy (non-hydrogen) atoms. The normalized spacial score (nSPS) is 11.1. The SMILES string of the molecule is CCCCCCCCCCCCCCCCNCO. The van der Waals surface area contributed by atoms with Gasteiger partial charge in [-0.15, -0.1) is 0 Å². The van der Waals surface area contributed by atoms with Crippen molar-refractivity contribution in [3.63, 3.8) is 0 Å². The molecule has 2 heteroatoms. The van der Waals surface area contributed by atoms with E-state index in [1.54, 1.807) is 0 Å². The van der Waals surface area contributed by atoms with Crippen LogP contribution in [0.5, 0.6) is 0 Å². The predicted molar refractivity (Wildman–Crippen MR) is 85.4 cm³/mol. The summed E-state index contributed by atoms with van der Waals surface area (Å²) in [5.74, 6) is 0. The van der Waals surface area contributed by atoms with Gasteiger partial charge in [0.05, 0.1) is 6.73 Å². The fraction of sp³-hybridized carbons (Fsp3) is 1.00. The molecular formula is C17H37NO. The first-order chi connectivity index (χ1) is 9.41. The molecule has 0 aromatic heterocycles. The Kier molecular flexibility index (Phi) is 17.8. The second-order valence-corrected chi connectivity index (χ2v) is 5.75. The maximum Gasteiger partial charge on any atom is 0.0931 e. The Balaban J connectivity index is 2.88. The lowest BCUT2D eigenvalue weighted by molar-refractivity contribution is 0.260. The van der Waals surface area contributed by atoms with Crippen LogP contribution in [0, 0.1) is 0 Å². The molecule has 0 aromatic rings. The molecule has 2 N–H and O–H groups in total. The van der Waals surface area contributed by atoms with Gasteiger partial charge in [-0.25, -0.2) is 0 Å². The highest BCUT2D eigenvalue weighted by atomic mass is 16.3. The summed E-state index contributed by atoms with van der Waals surface area (Å²) in [5, 5.41) is 11.5. The minimum absolute atomic E-state index is 0.123. The van der Waals surface area contributed by atoms with Gasteiger partial charge in [0.15, 0.2) is 0 Å².